The van der Waals surface area contributed by atoms with E-state index in [0.717, 1.165) is 28.8 Å². The summed E-state index contributed by atoms with van der Waals surface area (Å²) >= 11 is 0. The van der Waals surface area contributed by atoms with Crippen molar-refractivity contribution in [2.24, 2.45) is 5.92 Å². The van der Waals surface area contributed by atoms with Gasteiger partial charge in [0.05, 0.1) is 5.69 Å². The van der Waals surface area contributed by atoms with Gasteiger partial charge in [-0.05, 0) is 17.8 Å². The molecule has 0 spiro atoms. The molecule has 0 aromatic carbocycles. The van der Waals surface area contributed by atoms with Crippen molar-refractivity contribution in [2.45, 2.75) is 46.5 Å². The maximum atomic E-state index is 5.55. The Balaban J connectivity index is 2.59. The fourth-order valence-corrected chi connectivity index (χ4v) is 1.98. The first-order chi connectivity index (χ1) is 7.89. The van der Waals surface area contributed by atoms with Gasteiger partial charge in [-0.3, -0.25) is 4.98 Å². The van der Waals surface area contributed by atoms with E-state index in [1.54, 1.807) is 0 Å². The molecule has 0 fully saturated rings. The highest BCUT2D eigenvalue weighted by Crippen LogP contribution is 2.30. The van der Waals surface area contributed by atoms with Crippen molar-refractivity contribution in [3.05, 3.63) is 23.8 Å². The van der Waals surface area contributed by atoms with E-state index in [0.29, 0.717) is 5.92 Å². The predicted molar refractivity (Wildman–Crippen MR) is 69.0 cm³/mol. The molecule has 2 heterocycles. The van der Waals surface area contributed by atoms with Crippen molar-refractivity contribution in [1.82, 2.24) is 9.97 Å². The van der Waals surface area contributed by atoms with Gasteiger partial charge >= 0.3 is 0 Å². The molecule has 0 aliphatic carbocycles. The topological polar surface area (TPSA) is 38.9 Å². The molecule has 92 valence electrons. The first-order valence-electron chi connectivity index (χ1n) is 6.11. The van der Waals surface area contributed by atoms with Crippen molar-refractivity contribution >= 4 is 11.1 Å². The van der Waals surface area contributed by atoms with Crippen LogP contribution in [0.5, 0.6) is 0 Å². The molecule has 0 aliphatic heterocycles. The number of aromatic nitrogens is 2. The van der Waals surface area contributed by atoms with Gasteiger partial charge in [-0.25, -0.2) is 4.98 Å². The van der Waals surface area contributed by atoms with Gasteiger partial charge in [0.1, 0.15) is 5.52 Å². The van der Waals surface area contributed by atoms with E-state index in [1.807, 2.05) is 6.20 Å². The van der Waals surface area contributed by atoms with E-state index in [4.69, 9.17) is 4.42 Å². The molecule has 3 heteroatoms. The van der Waals surface area contributed by atoms with Gasteiger partial charge in [-0.15, -0.1) is 0 Å². The molecular weight excluding hydrogens is 212 g/mol. The van der Waals surface area contributed by atoms with Crippen LogP contribution in [0.1, 0.15) is 45.9 Å². The summed E-state index contributed by atoms with van der Waals surface area (Å²) in [5, 5.41) is 0. The molecule has 17 heavy (non-hydrogen) atoms. The summed E-state index contributed by atoms with van der Waals surface area (Å²) in [5.74, 6) is 0.572. The monoisotopic (exact) mass is 232 g/mol. The summed E-state index contributed by atoms with van der Waals surface area (Å²) in [6.07, 6.45) is 4.39. The van der Waals surface area contributed by atoms with E-state index < -0.39 is 0 Å². The van der Waals surface area contributed by atoms with E-state index in [1.165, 1.54) is 6.39 Å². The van der Waals surface area contributed by atoms with Crippen molar-refractivity contribution in [3.63, 3.8) is 0 Å². The quantitative estimate of drug-likeness (QED) is 0.792. The number of pyridine rings is 1. The highest BCUT2D eigenvalue weighted by atomic mass is 16.3. The number of oxazole rings is 1. The van der Waals surface area contributed by atoms with Crippen molar-refractivity contribution < 1.29 is 4.42 Å². The van der Waals surface area contributed by atoms with E-state index in [9.17, 15) is 0 Å². The summed E-state index contributed by atoms with van der Waals surface area (Å²) < 4.78 is 5.55. The third-order valence-corrected chi connectivity index (χ3v) is 2.84. The molecule has 0 bridgehead atoms. The minimum atomic E-state index is 0.0289. The lowest BCUT2D eigenvalue weighted by Crippen LogP contribution is -2.13. The van der Waals surface area contributed by atoms with E-state index in [2.05, 4.69) is 44.6 Å². The molecule has 0 N–H and O–H groups in total. The normalized spacial score (nSPS) is 12.6. The number of hydrogen-bond acceptors (Lipinski definition) is 3. The van der Waals surface area contributed by atoms with Crippen LogP contribution in [0.2, 0.25) is 0 Å². The Morgan fingerprint density at radius 3 is 2.53 bits per heavy atom. The number of rotatable bonds is 2. The number of hydrogen-bond donors (Lipinski definition) is 0. The highest BCUT2D eigenvalue weighted by Gasteiger charge is 2.22. The molecule has 0 radical (unpaired) electrons. The van der Waals surface area contributed by atoms with E-state index >= 15 is 0 Å². The average Bonchev–Trinajstić information content (AvgIpc) is 2.63. The highest BCUT2D eigenvalue weighted by molar-refractivity contribution is 5.78. The van der Waals surface area contributed by atoms with Gasteiger partial charge in [-0.1, -0.05) is 34.6 Å². The van der Waals surface area contributed by atoms with Gasteiger partial charge in [0.15, 0.2) is 12.0 Å². The molecule has 2 aromatic rings. The number of fused-ring (bicyclic) bond motifs is 1. The fraction of sp³-hybridized carbons (Fsp3) is 0.571. The fourth-order valence-electron chi connectivity index (χ4n) is 1.98. The van der Waals surface area contributed by atoms with Crippen molar-refractivity contribution in [1.29, 1.82) is 0 Å². The Morgan fingerprint density at radius 1 is 1.24 bits per heavy atom. The second-order valence-electron chi connectivity index (χ2n) is 6.00. The maximum absolute atomic E-state index is 5.55. The smallest absolute Gasteiger partial charge is 0.182 e. The summed E-state index contributed by atoms with van der Waals surface area (Å²) in [6, 6.07) is 0. The third kappa shape index (κ3) is 2.33. The SMILES string of the molecule is CC(C)Cc1ncc(C(C)(C)C)c2ocnc12. The molecule has 3 nitrogen and oxygen atoms in total. The second kappa shape index (κ2) is 4.13. The van der Waals surface area contributed by atoms with Gasteiger partial charge in [-0.2, -0.15) is 0 Å². The Labute approximate surface area is 102 Å². The second-order valence-corrected chi connectivity index (χ2v) is 6.00. The summed E-state index contributed by atoms with van der Waals surface area (Å²) in [4.78, 5) is 8.88. The van der Waals surface area contributed by atoms with Gasteiger partial charge in [0.25, 0.3) is 0 Å². The van der Waals surface area contributed by atoms with Gasteiger partial charge in [0.2, 0.25) is 0 Å². The van der Waals surface area contributed by atoms with Crippen LogP contribution in [0, 0.1) is 5.92 Å². The molecule has 0 atom stereocenters. The van der Waals surface area contributed by atoms with Crippen LogP contribution in [0.25, 0.3) is 11.1 Å². The van der Waals surface area contributed by atoms with Crippen molar-refractivity contribution in [3.8, 4) is 0 Å². The molecule has 0 saturated carbocycles. The Morgan fingerprint density at radius 2 is 1.94 bits per heavy atom. The zero-order valence-electron chi connectivity index (χ0n) is 11.2. The lowest BCUT2D eigenvalue weighted by atomic mass is 9.87. The van der Waals surface area contributed by atoms with Gasteiger partial charge in [0, 0.05) is 11.8 Å². The van der Waals surface area contributed by atoms with Crippen LogP contribution in [0.3, 0.4) is 0 Å². The largest absolute Gasteiger partial charge is 0.443 e. The minimum absolute atomic E-state index is 0.0289. The zero-order chi connectivity index (χ0) is 12.6. The maximum Gasteiger partial charge on any atom is 0.182 e. The molecular formula is C14H20N2O. The molecule has 2 aromatic heterocycles. The molecule has 2 rings (SSSR count). The summed E-state index contributed by atoms with van der Waals surface area (Å²) in [7, 11) is 0. The van der Waals surface area contributed by atoms with Crippen LogP contribution in [0.15, 0.2) is 17.0 Å². The standard InChI is InChI=1S/C14H20N2O/c1-9(2)6-11-12-13(17-8-16-12)10(7-15-11)14(3,4)5/h7-9H,6H2,1-5H3. The van der Waals surface area contributed by atoms with Crippen LogP contribution in [-0.4, -0.2) is 9.97 Å². The summed E-state index contributed by atoms with van der Waals surface area (Å²) in [5.41, 5.74) is 4.00. The lowest BCUT2D eigenvalue weighted by Gasteiger charge is -2.19. The Kier molecular flexibility index (Phi) is 2.94. The third-order valence-electron chi connectivity index (χ3n) is 2.84. The predicted octanol–water partition coefficient (Wildman–Crippen LogP) is 3.72. The zero-order valence-corrected chi connectivity index (χ0v) is 11.2. The Bertz CT molecular complexity index is 520. The Hall–Kier alpha value is -1.38. The van der Waals surface area contributed by atoms with Crippen LogP contribution < -0.4 is 0 Å². The lowest BCUT2D eigenvalue weighted by molar-refractivity contribution is 0.551. The van der Waals surface area contributed by atoms with Gasteiger partial charge < -0.3 is 4.42 Å². The van der Waals surface area contributed by atoms with Crippen LogP contribution in [-0.2, 0) is 11.8 Å². The van der Waals surface area contributed by atoms with Crippen LogP contribution >= 0.6 is 0 Å². The molecule has 0 unspecified atom stereocenters. The van der Waals surface area contributed by atoms with Crippen molar-refractivity contribution in [2.75, 3.05) is 0 Å². The molecule has 0 aliphatic rings. The first kappa shape index (κ1) is 12.1. The summed E-state index contributed by atoms with van der Waals surface area (Å²) in [6.45, 7) is 10.9. The average molecular weight is 232 g/mol. The molecule has 0 saturated heterocycles. The minimum Gasteiger partial charge on any atom is -0.443 e. The number of nitrogens with zero attached hydrogens (tertiary/aromatic N) is 2. The van der Waals surface area contributed by atoms with Crippen LogP contribution in [0.4, 0.5) is 0 Å². The van der Waals surface area contributed by atoms with E-state index in [-0.39, 0.29) is 5.41 Å². The first-order valence-corrected chi connectivity index (χ1v) is 6.11. The molecule has 0 amide bonds.